The highest BCUT2D eigenvalue weighted by molar-refractivity contribution is 6.23. The van der Waals surface area contributed by atoms with Crippen LogP contribution in [0.15, 0.2) is 130 Å². The van der Waals surface area contributed by atoms with E-state index in [1.165, 1.54) is 49.4 Å². The van der Waals surface area contributed by atoms with Gasteiger partial charge in [-0.15, -0.1) is 11.6 Å². The summed E-state index contributed by atoms with van der Waals surface area (Å²) in [5.41, 5.74) is 5.42. The Morgan fingerprint density at radius 2 is 1.94 bits per heavy atom. The quantitative estimate of drug-likeness (QED) is 0.0461. The van der Waals surface area contributed by atoms with Crippen molar-refractivity contribution in [3.05, 3.63) is 136 Å². The minimum atomic E-state index is -1.47. The topological polar surface area (TPSA) is 129 Å². The highest BCUT2D eigenvalue weighted by atomic mass is 35.5. The van der Waals surface area contributed by atoms with Crippen LogP contribution in [0.5, 0.6) is 0 Å². The van der Waals surface area contributed by atoms with Crippen molar-refractivity contribution >= 4 is 41.3 Å². The SMILES string of the molecule is C=C/C(=C\C(C)=C/CC)N(C(C)=O)c1cc(C(=O)OC)ccc1/C=N/NC1=CC(Cl)C=CC(/C(=C/C)C/C=C(\C(=C)F)C(=O)O)=C1O. The molecule has 1 aliphatic carbocycles. The van der Waals surface area contributed by atoms with E-state index in [4.69, 9.17) is 16.3 Å². The van der Waals surface area contributed by atoms with Crippen molar-refractivity contribution in [1.82, 2.24) is 5.43 Å². The molecule has 1 aromatic rings. The van der Waals surface area contributed by atoms with E-state index in [-0.39, 0.29) is 29.3 Å². The minimum Gasteiger partial charge on any atom is -0.505 e. The largest absolute Gasteiger partial charge is 0.505 e. The van der Waals surface area contributed by atoms with Crippen LogP contribution in [0.4, 0.5) is 10.1 Å². The van der Waals surface area contributed by atoms with Crippen LogP contribution in [0.3, 0.4) is 0 Å². The number of benzene rings is 1. The summed E-state index contributed by atoms with van der Waals surface area (Å²) >= 11 is 6.41. The minimum absolute atomic E-state index is 0.0306. The maximum absolute atomic E-state index is 13.7. The first-order valence-corrected chi connectivity index (χ1v) is 15.0. The van der Waals surface area contributed by atoms with Crippen LogP contribution in [0.2, 0.25) is 0 Å². The second kappa shape index (κ2) is 18.1. The summed E-state index contributed by atoms with van der Waals surface area (Å²) in [5.74, 6) is -3.76. The number of rotatable bonds is 14. The third kappa shape index (κ3) is 10.4. The monoisotopic (exact) mass is 663 g/mol. The molecule has 9 nitrogen and oxygen atoms in total. The molecule has 0 heterocycles. The van der Waals surface area contributed by atoms with Gasteiger partial charge in [0, 0.05) is 23.8 Å². The van der Waals surface area contributed by atoms with Gasteiger partial charge in [-0.05, 0) is 62.6 Å². The lowest BCUT2D eigenvalue weighted by Gasteiger charge is -2.25. The summed E-state index contributed by atoms with van der Waals surface area (Å²) in [4.78, 5) is 38.2. The van der Waals surface area contributed by atoms with E-state index in [1.807, 2.05) is 19.9 Å². The number of anilines is 1. The molecule has 248 valence electrons. The van der Waals surface area contributed by atoms with Gasteiger partial charge in [0.25, 0.3) is 0 Å². The molecule has 1 atom stereocenters. The van der Waals surface area contributed by atoms with Gasteiger partial charge >= 0.3 is 11.9 Å². The standard InChI is InChI=1S/C36H39ClFN3O6/c1-8-11-22(4)18-29(10-3)41(24(6)42)33-19-26(36(46)47-7)12-13-27(33)21-39-40-32-20-28(37)15-17-31(34(32)43)25(9-2)14-16-30(23(5)38)35(44)45/h9-13,15-21,28,40,43H,3,5,8,14H2,1-2,4,6-7H3,(H,44,45)/b22-11-,25-9+,29-18+,30-16+,39-21+. The molecule has 1 unspecified atom stereocenters. The number of halogens is 2. The first-order chi connectivity index (χ1) is 22.3. The summed E-state index contributed by atoms with van der Waals surface area (Å²) < 4.78 is 18.5. The van der Waals surface area contributed by atoms with E-state index in [9.17, 15) is 29.0 Å². The predicted molar refractivity (Wildman–Crippen MR) is 185 cm³/mol. The molecule has 11 heteroatoms. The smallest absolute Gasteiger partial charge is 0.338 e. The highest BCUT2D eigenvalue weighted by Crippen LogP contribution is 2.29. The summed E-state index contributed by atoms with van der Waals surface area (Å²) in [7, 11) is 1.25. The van der Waals surface area contributed by atoms with Crippen molar-refractivity contribution in [2.75, 3.05) is 12.0 Å². The zero-order valence-electron chi connectivity index (χ0n) is 27.0. The van der Waals surface area contributed by atoms with Gasteiger partial charge in [0.1, 0.15) is 11.6 Å². The number of carboxylic acids is 1. The molecular weight excluding hydrogens is 625 g/mol. The van der Waals surface area contributed by atoms with E-state index < -0.39 is 28.7 Å². The van der Waals surface area contributed by atoms with Crippen LogP contribution >= 0.6 is 11.6 Å². The van der Waals surface area contributed by atoms with Crippen LogP contribution in [-0.2, 0) is 14.3 Å². The highest BCUT2D eigenvalue weighted by Gasteiger charge is 2.21. The zero-order chi connectivity index (χ0) is 35.3. The number of ether oxygens (including phenoxy) is 1. The number of carboxylic acid groups (broad SMARTS) is 1. The number of esters is 1. The predicted octanol–water partition coefficient (Wildman–Crippen LogP) is 7.88. The molecule has 0 aliphatic heterocycles. The number of aliphatic carboxylic acids is 1. The molecule has 0 fully saturated rings. The van der Waals surface area contributed by atoms with Gasteiger partial charge in [-0.25, -0.2) is 14.0 Å². The molecule has 0 bridgehead atoms. The number of hydrogen-bond donors (Lipinski definition) is 3. The number of nitrogens with one attached hydrogen (secondary N) is 1. The molecule has 0 aromatic heterocycles. The van der Waals surface area contributed by atoms with Crippen LogP contribution in [-0.4, -0.2) is 46.8 Å². The Bertz CT molecular complexity index is 1660. The molecule has 0 saturated heterocycles. The third-order valence-electron chi connectivity index (χ3n) is 6.79. The lowest BCUT2D eigenvalue weighted by Crippen LogP contribution is -2.28. The van der Waals surface area contributed by atoms with Gasteiger partial charge in [-0.1, -0.05) is 62.1 Å². The van der Waals surface area contributed by atoms with E-state index in [0.717, 1.165) is 18.1 Å². The second-order valence-corrected chi connectivity index (χ2v) is 10.6. The Morgan fingerprint density at radius 3 is 2.49 bits per heavy atom. The van der Waals surface area contributed by atoms with E-state index in [2.05, 4.69) is 23.7 Å². The number of amides is 1. The molecule has 1 aromatic carbocycles. The van der Waals surface area contributed by atoms with Crippen molar-refractivity contribution in [1.29, 1.82) is 0 Å². The lowest BCUT2D eigenvalue weighted by molar-refractivity contribution is -0.132. The molecule has 47 heavy (non-hydrogen) atoms. The Balaban J connectivity index is 2.62. The lowest BCUT2D eigenvalue weighted by atomic mass is 9.98. The van der Waals surface area contributed by atoms with Gasteiger partial charge in [0.2, 0.25) is 5.91 Å². The van der Waals surface area contributed by atoms with Crippen molar-refractivity contribution in [2.45, 2.75) is 45.9 Å². The number of nitrogens with zero attached hydrogens (tertiary/aromatic N) is 2. The number of hydrogen-bond acceptors (Lipinski definition) is 7. The first-order valence-electron chi connectivity index (χ1n) is 14.5. The number of aliphatic hydroxyl groups excluding tert-OH is 1. The summed E-state index contributed by atoms with van der Waals surface area (Å²) in [6, 6.07) is 4.62. The summed E-state index contributed by atoms with van der Waals surface area (Å²) in [5, 5.41) is 24.2. The van der Waals surface area contributed by atoms with E-state index in [1.54, 1.807) is 37.3 Å². The second-order valence-electron chi connectivity index (χ2n) is 10.1. The molecule has 0 radical (unpaired) electrons. The maximum Gasteiger partial charge on any atom is 0.338 e. The third-order valence-corrected chi connectivity index (χ3v) is 7.06. The Hall–Kier alpha value is -5.22. The fourth-order valence-corrected chi connectivity index (χ4v) is 4.75. The average Bonchev–Trinajstić information content (AvgIpc) is 3.15. The Kier molecular flexibility index (Phi) is 14.6. The van der Waals surface area contributed by atoms with Gasteiger partial charge in [-0.2, -0.15) is 5.10 Å². The van der Waals surface area contributed by atoms with Crippen LogP contribution in [0, 0.1) is 0 Å². The fraction of sp³-hybridized carbons (Fsp3) is 0.222. The molecule has 0 saturated carbocycles. The van der Waals surface area contributed by atoms with Crippen LogP contribution < -0.4 is 10.3 Å². The number of alkyl halides is 1. The van der Waals surface area contributed by atoms with Crippen LogP contribution in [0.1, 0.15) is 56.5 Å². The van der Waals surface area contributed by atoms with E-state index >= 15 is 0 Å². The molecular formula is C36H39ClFN3O6. The molecule has 1 aliphatic rings. The van der Waals surface area contributed by atoms with Gasteiger partial charge in [0.15, 0.2) is 0 Å². The number of hydrazone groups is 1. The number of carbonyl (C=O) groups excluding carboxylic acids is 2. The number of methoxy groups -OCH3 is 1. The van der Waals surface area contributed by atoms with Crippen molar-refractivity contribution < 1.29 is 33.7 Å². The number of allylic oxidation sites excluding steroid dienone is 11. The van der Waals surface area contributed by atoms with Gasteiger partial charge < -0.3 is 14.9 Å². The van der Waals surface area contributed by atoms with Gasteiger partial charge in [0.05, 0.1) is 41.2 Å². The summed E-state index contributed by atoms with van der Waals surface area (Å²) in [6.07, 6.45) is 15.0. The Labute approximate surface area is 279 Å². The van der Waals surface area contributed by atoms with Crippen molar-refractivity contribution in [3.8, 4) is 0 Å². The first kappa shape index (κ1) is 38.0. The normalized spacial score (nSPS) is 16.1. The summed E-state index contributed by atoms with van der Waals surface area (Å²) in [6.45, 7) is 13.9. The zero-order valence-corrected chi connectivity index (χ0v) is 27.8. The molecule has 1 amide bonds. The number of aliphatic hydroxyl groups is 1. The fourth-order valence-electron chi connectivity index (χ4n) is 4.55. The van der Waals surface area contributed by atoms with E-state index in [0.29, 0.717) is 28.1 Å². The molecule has 3 N–H and O–H groups in total. The van der Waals surface area contributed by atoms with Crippen molar-refractivity contribution in [2.24, 2.45) is 5.10 Å². The van der Waals surface area contributed by atoms with Gasteiger partial charge in [-0.3, -0.25) is 15.1 Å². The van der Waals surface area contributed by atoms with Crippen molar-refractivity contribution in [3.63, 3.8) is 0 Å². The van der Waals surface area contributed by atoms with Crippen LogP contribution in [0.25, 0.3) is 0 Å². The Morgan fingerprint density at radius 1 is 1.23 bits per heavy atom. The number of carbonyl (C=O) groups is 3. The average molecular weight is 664 g/mol. The maximum atomic E-state index is 13.7. The molecule has 0 spiro atoms. The molecule has 2 rings (SSSR count).